The minimum atomic E-state index is 0.988. The molecule has 1 heterocycles. The van der Waals surface area contributed by atoms with E-state index in [9.17, 15) is 0 Å². The van der Waals surface area contributed by atoms with E-state index in [0.29, 0.717) is 0 Å². The van der Waals surface area contributed by atoms with Crippen molar-refractivity contribution in [3.05, 3.63) is 0 Å². The van der Waals surface area contributed by atoms with Crippen molar-refractivity contribution in [3.63, 3.8) is 0 Å². The molecule has 2 aliphatic rings. The van der Waals surface area contributed by atoms with Gasteiger partial charge in [-0.05, 0) is 18.8 Å². The molecule has 2 fully saturated rings. The van der Waals surface area contributed by atoms with E-state index in [-0.39, 0.29) is 0 Å². The highest BCUT2D eigenvalue weighted by Gasteiger charge is 2.28. The Kier molecular flexibility index (Phi) is 2.50. The Morgan fingerprint density at radius 1 is 0.900 bits per heavy atom. The predicted octanol–water partition coefficient (Wildman–Crippen LogP) is 2.98. The average Bonchev–Trinajstić information content (AvgIpc) is 2.59. The van der Waals surface area contributed by atoms with E-state index in [2.05, 4.69) is 23.5 Å². The summed E-state index contributed by atoms with van der Waals surface area (Å²) in [5.41, 5.74) is 0. The Morgan fingerprint density at radius 3 is 2.10 bits per heavy atom. The van der Waals surface area contributed by atoms with Crippen molar-refractivity contribution < 1.29 is 0 Å². The van der Waals surface area contributed by atoms with Crippen molar-refractivity contribution in [1.29, 1.82) is 0 Å². The zero-order chi connectivity index (χ0) is 6.81. The number of hydrogen-bond acceptors (Lipinski definition) is 2. The Bertz CT molecular complexity index is 87.8. The van der Waals surface area contributed by atoms with Crippen LogP contribution in [0.5, 0.6) is 0 Å². The third kappa shape index (κ3) is 1.48. The molecule has 0 aromatic rings. The second-order valence-corrected chi connectivity index (χ2v) is 5.95. The molecule has 0 spiro atoms. The van der Waals surface area contributed by atoms with Crippen LogP contribution in [0.25, 0.3) is 0 Å². The minimum Gasteiger partial charge on any atom is -0.146 e. The lowest BCUT2D eigenvalue weighted by molar-refractivity contribution is 0.603. The largest absolute Gasteiger partial charge is 0.146 e. The second-order valence-electron chi connectivity index (χ2n) is 3.15. The van der Waals surface area contributed by atoms with Gasteiger partial charge in [-0.2, -0.15) is 0 Å². The van der Waals surface area contributed by atoms with Crippen LogP contribution in [0.3, 0.4) is 0 Å². The van der Waals surface area contributed by atoms with Gasteiger partial charge in [-0.25, -0.2) is 0 Å². The van der Waals surface area contributed by atoms with Gasteiger partial charge in [-0.15, -0.1) is 23.5 Å². The van der Waals surface area contributed by atoms with E-state index < -0.39 is 0 Å². The van der Waals surface area contributed by atoms with Crippen molar-refractivity contribution >= 4 is 23.5 Å². The molecule has 0 unspecified atom stereocenters. The van der Waals surface area contributed by atoms with Crippen LogP contribution in [0.2, 0.25) is 0 Å². The molecule has 0 amide bonds. The second kappa shape index (κ2) is 3.40. The van der Waals surface area contributed by atoms with E-state index in [1.54, 1.807) is 0 Å². The van der Waals surface area contributed by atoms with Gasteiger partial charge in [0.25, 0.3) is 0 Å². The molecule has 10 heavy (non-hydrogen) atoms. The Hall–Kier alpha value is 0.700. The van der Waals surface area contributed by atoms with Crippen LogP contribution in [0.4, 0.5) is 0 Å². The molecule has 0 N–H and O–H groups in total. The molecule has 0 aromatic carbocycles. The molecule has 1 aliphatic carbocycles. The third-order valence-electron chi connectivity index (χ3n) is 2.43. The highest BCUT2D eigenvalue weighted by Crippen LogP contribution is 2.43. The van der Waals surface area contributed by atoms with E-state index in [1.807, 2.05) is 0 Å². The van der Waals surface area contributed by atoms with Crippen molar-refractivity contribution in [2.75, 3.05) is 11.5 Å². The average molecular weight is 174 g/mol. The van der Waals surface area contributed by atoms with Gasteiger partial charge in [0.05, 0.1) is 4.58 Å². The molecule has 2 heteroatoms. The zero-order valence-corrected chi connectivity index (χ0v) is 7.85. The summed E-state index contributed by atoms with van der Waals surface area (Å²) >= 11 is 4.41. The maximum Gasteiger partial charge on any atom is 0.0531 e. The van der Waals surface area contributed by atoms with Gasteiger partial charge in [0.1, 0.15) is 0 Å². The first kappa shape index (κ1) is 7.35. The van der Waals surface area contributed by atoms with E-state index in [1.165, 1.54) is 37.2 Å². The van der Waals surface area contributed by atoms with Gasteiger partial charge < -0.3 is 0 Å². The minimum absolute atomic E-state index is 0.988. The Balaban J connectivity index is 1.85. The first-order valence-corrected chi connectivity index (χ1v) is 6.30. The molecule has 0 nitrogen and oxygen atoms in total. The SMILES string of the molecule is C1CCC(C2SCCS2)C1. The third-order valence-corrected chi connectivity index (χ3v) is 5.81. The number of hydrogen-bond donors (Lipinski definition) is 0. The maximum absolute atomic E-state index is 2.20. The highest BCUT2D eigenvalue weighted by molar-refractivity contribution is 8.20. The van der Waals surface area contributed by atoms with Crippen LogP contribution in [0, 0.1) is 5.92 Å². The molecule has 0 bridgehead atoms. The normalized spacial score (nSPS) is 30.0. The van der Waals surface area contributed by atoms with Crippen LogP contribution >= 0.6 is 23.5 Å². The molecule has 0 radical (unpaired) electrons. The zero-order valence-electron chi connectivity index (χ0n) is 6.21. The summed E-state index contributed by atoms with van der Waals surface area (Å²) in [6.07, 6.45) is 6.04. The van der Waals surface area contributed by atoms with Crippen molar-refractivity contribution in [2.24, 2.45) is 5.92 Å². The lowest BCUT2D eigenvalue weighted by Crippen LogP contribution is -2.06. The highest BCUT2D eigenvalue weighted by atomic mass is 32.2. The lowest BCUT2D eigenvalue weighted by Gasteiger charge is -2.14. The predicted molar refractivity (Wildman–Crippen MR) is 50.7 cm³/mol. The molecular formula is C8H14S2. The molecular weight excluding hydrogens is 160 g/mol. The molecule has 0 aromatic heterocycles. The summed E-state index contributed by atoms with van der Waals surface area (Å²) in [4.78, 5) is 0. The fraction of sp³-hybridized carbons (Fsp3) is 1.00. The van der Waals surface area contributed by atoms with Crippen LogP contribution in [-0.2, 0) is 0 Å². The summed E-state index contributed by atoms with van der Waals surface area (Å²) < 4.78 is 0.988. The van der Waals surface area contributed by atoms with Gasteiger partial charge in [0.15, 0.2) is 0 Å². The quantitative estimate of drug-likeness (QED) is 0.599. The monoisotopic (exact) mass is 174 g/mol. The van der Waals surface area contributed by atoms with Gasteiger partial charge in [-0.1, -0.05) is 12.8 Å². The Labute approximate surface area is 71.5 Å². The lowest BCUT2D eigenvalue weighted by atomic mass is 10.1. The number of rotatable bonds is 1. The molecule has 1 aliphatic heterocycles. The first-order chi connectivity index (χ1) is 4.97. The van der Waals surface area contributed by atoms with Crippen LogP contribution < -0.4 is 0 Å². The van der Waals surface area contributed by atoms with E-state index >= 15 is 0 Å². The van der Waals surface area contributed by atoms with Gasteiger partial charge in [-0.3, -0.25) is 0 Å². The molecule has 58 valence electrons. The van der Waals surface area contributed by atoms with Crippen molar-refractivity contribution in [1.82, 2.24) is 0 Å². The maximum atomic E-state index is 2.20. The van der Waals surface area contributed by atoms with Crippen molar-refractivity contribution in [2.45, 2.75) is 30.3 Å². The van der Waals surface area contributed by atoms with Crippen molar-refractivity contribution in [3.8, 4) is 0 Å². The smallest absolute Gasteiger partial charge is 0.0531 e. The van der Waals surface area contributed by atoms with Crippen LogP contribution in [0.15, 0.2) is 0 Å². The fourth-order valence-electron chi connectivity index (χ4n) is 1.88. The van der Waals surface area contributed by atoms with Gasteiger partial charge in [0, 0.05) is 11.5 Å². The Morgan fingerprint density at radius 2 is 1.50 bits per heavy atom. The molecule has 1 saturated carbocycles. The molecule has 0 atom stereocenters. The van der Waals surface area contributed by atoms with E-state index in [0.717, 1.165) is 10.5 Å². The summed E-state index contributed by atoms with van der Waals surface area (Å²) in [7, 11) is 0. The van der Waals surface area contributed by atoms with Gasteiger partial charge >= 0.3 is 0 Å². The standard InChI is InChI=1S/C8H14S2/c1-2-4-7(3-1)8-9-5-6-10-8/h7-8H,1-6H2. The first-order valence-electron chi connectivity index (χ1n) is 4.20. The van der Waals surface area contributed by atoms with Crippen LogP contribution in [-0.4, -0.2) is 16.1 Å². The summed E-state index contributed by atoms with van der Waals surface area (Å²) in [6, 6.07) is 0. The summed E-state index contributed by atoms with van der Waals surface area (Å²) in [5.74, 6) is 3.90. The molecule has 2 rings (SSSR count). The number of thioether (sulfide) groups is 2. The summed E-state index contributed by atoms with van der Waals surface area (Å²) in [5, 5.41) is 0. The molecule has 1 saturated heterocycles. The van der Waals surface area contributed by atoms with Crippen LogP contribution in [0.1, 0.15) is 25.7 Å². The van der Waals surface area contributed by atoms with Gasteiger partial charge in [0.2, 0.25) is 0 Å². The summed E-state index contributed by atoms with van der Waals surface area (Å²) in [6.45, 7) is 0. The van der Waals surface area contributed by atoms with E-state index in [4.69, 9.17) is 0 Å². The fourth-order valence-corrected chi connectivity index (χ4v) is 5.16. The topological polar surface area (TPSA) is 0 Å².